The number of aliphatic hydroxyl groups is 1. The molecule has 1 aromatic carbocycles. The second kappa shape index (κ2) is 6.46. The molecule has 28 heavy (non-hydrogen) atoms. The molecule has 0 aliphatic heterocycles. The first kappa shape index (κ1) is 18.7. The minimum Gasteiger partial charge on any atom is -0.394 e. The third-order valence-corrected chi connectivity index (χ3v) is 4.98. The van der Waals surface area contributed by atoms with Crippen molar-refractivity contribution in [2.45, 2.75) is 24.6 Å². The highest BCUT2D eigenvalue weighted by atomic mass is 35.5. The fraction of sp³-hybridized carbons (Fsp3) is 0.278. The Bertz CT molecular complexity index is 1130. The summed E-state index contributed by atoms with van der Waals surface area (Å²) in [5, 5.41) is 12.9. The first-order chi connectivity index (χ1) is 13.2. The Kier molecular flexibility index (Phi) is 4.31. The van der Waals surface area contributed by atoms with E-state index in [0.29, 0.717) is 12.8 Å². The zero-order valence-electron chi connectivity index (χ0n) is 14.3. The highest BCUT2D eigenvalue weighted by Crippen LogP contribution is 2.39. The smallest absolute Gasteiger partial charge is 0.394 e. The summed E-state index contributed by atoms with van der Waals surface area (Å²) in [6, 6.07) is 8.28. The lowest BCUT2D eigenvalue weighted by atomic mass is 10.2. The van der Waals surface area contributed by atoms with Gasteiger partial charge in [-0.25, -0.2) is 14.3 Å². The average Bonchev–Trinajstić information content (AvgIpc) is 3.42. The van der Waals surface area contributed by atoms with Gasteiger partial charge in [0.25, 0.3) is 0 Å². The minimum atomic E-state index is -4.69. The summed E-state index contributed by atoms with van der Waals surface area (Å²) in [5.41, 5.74) is -2.64. The molecule has 2 aromatic heterocycles. The number of aliphatic hydroxyl groups excluding tert-OH is 1. The quantitative estimate of drug-likeness (QED) is 0.689. The van der Waals surface area contributed by atoms with Gasteiger partial charge in [-0.05, 0) is 37.1 Å². The van der Waals surface area contributed by atoms with Gasteiger partial charge in [0.2, 0.25) is 0 Å². The lowest BCUT2D eigenvalue weighted by Gasteiger charge is -2.19. The monoisotopic (exact) mass is 410 g/mol. The summed E-state index contributed by atoms with van der Waals surface area (Å²) in [5.74, 6) is 0.0797. The number of benzene rings is 1. The molecule has 0 spiro atoms. The van der Waals surface area contributed by atoms with Crippen LogP contribution in [0.2, 0.25) is 5.02 Å². The van der Waals surface area contributed by atoms with Crippen molar-refractivity contribution in [3.05, 3.63) is 57.6 Å². The molecular weight excluding hydrogens is 397 g/mol. The van der Waals surface area contributed by atoms with Gasteiger partial charge >= 0.3 is 11.9 Å². The number of halogens is 4. The largest absolute Gasteiger partial charge is 0.433 e. The van der Waals surface area contributed by atoms with E-state index in [0.717, 1.165) is 10.6 Å². The second-order valence-electron chi connectivity index (χ2n) is 6.66. The van der Waals surface area contributed by atoms with E-state index in [1.54, 1.807) is 12.1 Å². The van der Waals surface area contributed by atoms with E-state index in [4.69, 9.17) is 11.6 Å². The molecule has 4 rings (SSSR count). The van der Waals surface area contributed by atoms with Crippen LogP contribution in [-0.2, 0) is 6.18 Å². The predicted molar refractivity (Wildman–Crippen MR) is 97.8 cm³/mol. The first-order valence-corrected chi connectivity index (χ1v) is 8.77. The van der Waals surface area contributed by atoms with Crippen LogP contribution in [0.25, 0.3) is 16.7 Å². The number of nitrogens with zero attached hydrogens (tertiary/aromatic N) is 3. The van der Waals surface area contributed by atoms with E-state index >= 15 is 0 Å². The van der Waals surface area contributed by atoms with E-state index in [2.05, 4.69) is 15.3 Å². The Morgan fingerprint density at radius 2 is 1.89 bits per heavy atom. The molecule has 1 saturated carbocycles. The van der Waals surface area contributed by atoms with E-state index < -0.39 is 23.1 Å². The number of rotatable bonds is 4. The van der Waals surface area contributed by atoms with Crippen molar-refractivity contribution in [3.63, 3.8) is 0 Å². The summed E-state index contributed by atoms with van der Waals surface area (Å²) in [6.07, 6.45) is -3.36. The van der Waals surface area contributed by atoms with Crippen LogP contribution >= 0.6 is 11.6 Å². The first-order valence-electron chi connectivity index (χ1n) is 8.39. The maximum Gasteiger partial charge on any atom is 0.433 e. The maximum atomic E-state index is 13.2. The maximum absolute atomic E-state index is 13.2. The van der Waals surface area contributed by atoms with Gasteiger partial charge in [-0.3, -0.25) is 0 Å². The lowest BCUT2D eigenvalue weighted by molar-refractivity contribution is -0.141. The van der Waals surface area contributed by atoms with Gasteiger partial charge in [-0.2, -0.15) is 18.2 Å². The Hall–Kier alpha value is -2.65. The second-order valence-corrected chi connectivity index (χ2v) is 7.07. The highest BCUT2D eigenvalue weighted by Gasteiger charge is 2.43. The molecular formula is C18H14ClF3N4O2. The molecule has 0 bridgehead atoms. The van der Waals surface area contributed by atoms with E-state index in [1.165, 1.54) is 18.2 Å². The molecule has 0 amide bonds. The fourth-order valence-electron chi connectivity index (χ4n) is 2.93. The Labute approximate surface area is 161 Å². The van der Waals surface area contributed by atoms with Gasteiger partial charge in [0.1, 0.15) is 11.5 Å². The average molecular weight is 411 g/mol. The summed E-state index contributed by atoms with van der Waals surface area (Å²) in [4.78, 5) is 20.4. The molecule has 1 aliphatic carbocycles. The van der Waals surface area contributed by atoms with Gasteiger partial charge in [0.15, 0.2) is 5.65 Å². The molecule has 0 radical (unpaired) electrons. The number of anilines is 1. The summed E-state index contributed by atoms with van der Waals surface area (Å²) >= 11 is 6.15. The standard InChI is InChI=1S/C18H14ClF3N4O2/c19-11-3-1-2-4-12(11)26-15-10(5-6-13(23-15)18(20,21)22)14(24-16(26)28)25-17(9-27)7-8-17/h1-6,27H,7-9H2,(H,24,25,28). The molecule has 10 heteroatoms. The Morgan fingerprint density at radius 3 is 2.50 bits per heavy atom. The van der Waals surface area contributed by atoms with Gasteiger partial charge < -0.3 is 10.4 Å². The number of para-hydroxylation sites is 1. The van der Waals surface area contributed by atoms with Gasteiger partial charge in [0.05, 0.1) is 28.2 Å². The van der Waals surface area contributed by atoms with Gasteiger partial charge in [-0.1, -0.05) is 23.7 Å². The van der Waals surface area contributed by atoms with Crippen LogP contribution in [0.4, 0.5) is 19.0 Å². The van der Waals surface area contributed by atoms with Crippen molar-refractivity contribution >= 4 is 28.5 Å². The highest BCUT2D eigenvalue weighted by molar-refractivity contribution is 6.32. The van der Waals surface area contributed by atoms with Crippen LogP contribution < -0.4 is 11.0 Å². The molecule has 146 valence electrons. The number of fused-ring (bicyclic) bond motifs is 1. The zero-order chi connectivity index (χ0) is 20.1. The van der Waals surface area contributed by atoms with Crippen molar-refractivity contribution in [3.8, 4) is 5.69 Å². The van der Waals surface area contributed by atoms with Crippen LogP contribution in [0.15, 0.2) is 41.2 Å². The van der Waals surface area contributed by atoms with Crippen LogP contribution in [0.1, 0.15) is 18.5 Å². The number of pyridine rings is 1. The molecule has 0 atom stereocenters. The minimum absolute atomic E-state index is 0.0797. The van der Waals surface area contributed by atoms with Crippen LogP contribution in [0.3, 0.4) is 0 Å². The SMILES string of the molecule is O=c1nc(NC2(CO)CC2)c2ccc(C(F)(F)F)nc2n1-c1ccccc1Cl. The predicted octanol–water partition coefficient (Wildman–Crippen LogP) is 3.39. The number of alkyl halides is 3. The van der Waals surface area contributed by atoms with E-state index in [1.807, 2.05) is 0 Å². The van der Waals surface area contributed by atoms with Crippen LogP contribution in [0.5, 0.6) is 0 Å². The Morgan fingerprint density at radius 1 is 1.18 bits per heavy atom. The van der Waals surface area contributed by atoms with E-state index in [-0.39, 0.29) is 34.2 Å². The molecule has 1 fully saturated rings. The third-order valence-electron chi connectivity index (χ3n) is 4.66. The van der Waals surface area contributed by atoms with Gasteiger partial charge in [-0.15, -0.1) is 0 Å². The van der Waals surface area contributed by atoms with Crippen molar-refractivity contribution < 1.29 is 18.3 Å². The molecule has 0 unspecified atom stereocenters. The molecule has 1 aliphatic rings. The zero-order valence-corrected chi connectivity index (χ0v) is 15.1. The molecule has 0 saturated heterocycles. The van der Waals surface area contributed by atoms with Crippen LogP contribution in [0, 0.1) is 0 Å². The topological polar surface area (TPSA) is 80.0 Å². The Balaban J connectivity index is 2.02. The van der Waals surface area contributed by atoms with Gasteiger partial charge in [0, 0.05) is 0 Å². The normalized spacial score (nSPS) is 15.6. The summed E-state index contributed by atoms with van der Waals surface area (Å²) < 4.78 is 40.6. The molecule has 3 aromatic rings. The summed E-state index contributed by atoms with van der Waals surface area (Å²) in [6.45, 7) is -0.183. The van der Waals surface area contributed by atoms with Crippen molar-refractivity contribution in [2.75, 3.05) is 11.9 Å². The number of hydrogen-bond donors (Lipinski definition) is 2. The lowest BCUT2D eigenvalue weighted by Crippen LogP contribution is -2.30. The van der Waals surface area contributed by atoms with Crippen molar-refractivity contribution in [1.82, 2.24) is 14.5 Å². The molecule has 6 nitrogen and oxygen atoms in total. The van der Waals surface area contributed by atoms with Crippen molar-refractivity contribution in [1.29, 1.82) is 0 Å². The van der Waals surface area contributed by atoms with E-state index in [9.17, 15) is 23.1 Å². The third kappa shape index (κ3) is 3.20. The fourth-order valence-corrected chi connectivity index (χ4v) is 3.15. The molecule has 2 heterocycles. The number of aromatic nitrogens is 3. The van der Waals surface area contributed by atoms with Crippen molar-refractivity contribution in [2.24, 2.45) is 0 Å². The number of hydrogen-bond acceptors (Lipinski definition) is 5. The number of nitrogens with one attached hydrogen (secondary N) is 1. The molecule has 2 N–H and O–H groups in total. The van der Waals surface area contributed by atoms with Crippen LogP contribution in [-0.4, -0.2) is 31.8 Å². The summed E-state index contributed by atoms with van der Waals surface area (Å²) in [7, 11) is 0.